The number of hydrogen-bond acceptors (Lipinski definition) is 5. The first kappa shape index (κ1) is 78.6. The zero-order valence-electron chi connectivity index (χ0n) is 54.6. The summed E-state index contributed by atoms with van der Waals surface area (Å²) in [4.78, 5) is 24.7. The molecule has 6 nitrogen and oxygen atoms in total. The first-order valence-electron chi connectivity index (χ1n) is 36.9. The number of rotatable bonds is 70. The molecule has 0 heterocycles. The molecule has 1 amide bonds. The van der Waals surface area contributed by atoms with E-state index in [9.17, 15) is 19.8 Å². The molecule has 0 radical (unpaired) electrons. The largest absolute Gasteiger partial charge is 0.466 e. The minimum absolute atomic E-state index is 0.0145. The van der Waals surface area contributed by atoms with Crippen molar-refractivity contribution in [1.82, 2.24) is 5.32 Å². The SMILES string of the molecule is CCCCCCCCCCCCCCCCCCCCCCCCCC(O)C(CO)NC(=O)CCCCCCCCC/C=C\CCCCCCCCCCCCOC(=O)CCCCCCCCCCCCCCCCCCCCC. The first-order valence-corrected chi connectivity index (χ1v) is 36.9. The van der Waals surface area contributed by atoms with Gasteiger partial charge in [-0.3, -0.25) is 9.59 Å². The number of ether oxygens (including phenoxy) is 1. The maximum Gasteiger partial charge on any atom is 0.305 e. The second kappa shape index (κ2) is 70.1. The Morgan fingerprint density at radius 3 is 0.887 bits per heavy atom. The average Bonchev–Trinajstić information content (AvgIpc) is 3.46. The Bertz CT molecular complexity index is 1210. The standard InChI is InChI=1S/C74H145NO5/c1-3-5-7-9-11-13-15-17-19-21-23-24-25-27-31-34-38-42-46-50-54-58-62-66-72(77)71(70-76)75-73(78)67-63-59-55-51-47-43-39-35-32-28-26-29-33-37-41-45-49-53-57-61-65-69-80-74(79)68-64-60-56-52-48-44-40-36-30-22-20-18-16-14-12-10-8-6-4-2/h28,32,71-72,76-77H,3-27,29-31,33-70H2,1-2H3,(H,75,78)/b32-28-. The van der Waals surface area contributed by atoms with Gasteiger partial charge in [0.2, 0.25) is 5.91 Å². The molecule has 6 heteroatoms. The van der Waals surface area contributed by atoms with Crippen LogP contribution < -0.4 is 5.32 Å². The molecule has 3 N–H and O–H groups in total. The van der Waals surface area contributed by atoms with Gasteiger partial charge in [0.05, 0.1) is 25.4 Å². The van der Waals surface area contributed by atoms with Gasteiger partial charge in [-0.15, -0.1) is 0 Å². The molecule has 0 aromatic carbocycles. The van der Waals surface area contributed by atoms with Crippen LogP contribution in [0.4, 0.5) is 0 Å². The summed E-state index contributed by atoms with van der Waals surface area (Å²) in [5, 5.41) is 23.4. The van der Waals surface area contributed by atoms with Crippen LogP contribution >= 0.6 is 0 Å². The summed E-state index contributed by atoms with van der Waals surface area (Å²) in [5.74, 6) is -0.0228. The van der Waals surface area contributed by atoms with Crippen LogP contribution in [0.2, 0.25) is 0 Å². The Kier molecular flexibility index (Phi) is 68.9. The maximum absolute atomic E-state index is 12.6. The lowest BCUT2D eigenvalue weighted by atomic mass is 10.0. The monoisotopic (exact) mass is 1130 g/mol. The summed E-state index contributed by atoms with van der Waals surface area (Å²) < 4.78 is 5.51. The lowest BCUT2D eigenvalue weighted by molar-refractivity contribution is -0.143. The first-order chi connectivity index (χ1) is 39.5. The highest BCUT2D eigenvalue weighted by atomic mass is 16.5. The molecule has 0 aliphatic rings. The predicted octanol–water partition coefficient (Wildman–Crippen LogP) is 23.9. The molecular weight excluding hydrogens is 983 g/mol. The van der Waals surface area contributed by atoms with Crippen LogP contribution in [0, 0.1) is 0 Å². The van der Waals surface area contributed by atoms with Crippen LogP contribution in [0.25, 0.3) is 0 Å². The van der Waals surface area contributed by atoms with Crippen LogP contribution in [0.5, 0.6) is 0 Å². The summed E-state index contributed by atoms with van der Waals surface area (Å²) in [7, 11) is 0. The molecule has 0 rings (SSSR count). The smallest absolute Gasteiger partial charge is 0.305 e. The van der Waals surface area contributed by atoms with Crippen molar-refractivity contribution in [2.24, 2.45) is 0 Å². The summed E-state index contributed by atoms with van der Waals surface area (Å²) >= 11 is 0. The molecule has 476 valence electrons. The third-order valence-corrected chi connectivity index (χ3v) is 17.6. The molecule has 0 fully saturated rings. The highest BCUT2D eigenvalue weighted by Gasteiger charge is 2.20. The molecule has 0 spiro atoms. The topological polar surface area (TPSA) is 95.9 Å². The van der Waals surface area contributed by atoms with E-state index < -0.39 is 12.1 Å². The molecule has 0 aromatic heterocycles. The van der Waals surface area contributed by atoms with Crippen molar-refractivity contribution < 1.29 is 24.5 Å². The Hall–Kier alpha value is -1.40. The van der Waals surface area contributed by atoms with Crippen molar-refractivity contribution in [2.75, 3.05) is 13.2 Å². The minimum Gasteiger partial charge on any atom is -0.466 e. The van der Waals surface area contributed by atoms with Crippen molar-refractivity contribution >= 4 is 11.9 Å². The highest BCUT2D eigenvalue weighted by Crippen LogP contribution is 2.20. The molecule has 0 aliphatic carbocycles. The molecular formula is C74H145NO5. The number of carbonyl (C=O) groups excluding carboxylic acids is 2. The maximum atomic E-state index is 12.6. The Morgan fingerprint density at radius 1 is 0.338 bits per heavy atom. The van der Waals surface area contributed by atoms with Gasteiger partial charge in [0.15, 0.2) is 0 Å². The van der Waals surface area contributed by atoms with Crippen molar-refractivity contribution in [1.29, 1.82) is 0 Å². The van der Waals surface area contributed by atoms with Crippen molar-refractivity contribution in [2.45, 2.75) is 437 Å². The van der Waals surface area contributed by atoms with Gasteiger partial charge in [-0.05, 0) is 51.4 Å². The molecule has 0 bridgehead atoms. The van der Waals surface area contributed by atoms with Crippen LogP contribution in [-0.2, 0) is 14.3 Å². The average molecular weight is 1130 g/mol. The van der Waals surface area contributed by atoms with Crippen LogP contribution in [0.3, 0.4) is 0 Å². The van der Waals surface area contributed by atoms with E-state index in [1.807, 2.05) is 0 Å². The lowest BCUT2D eigenvalue weighted by Gasteiger charge is -2.22. The van der Waals surface area contributed by atoms with E-state index in [0.29, 0.717) is 25.9 Å². The zero-order chi connectivity index (χ0) is 57.8. The zero-order valence-corrected chi connectivity index (χ0v) is 54.6. The van der Waals surface area contributed by atoms with Gasteiger partial charge < -0.3 is 20.3 Å². The summed E-state index contributed by atoms with van der Waals surface area (Å²) in [6, 6.07) is -0.548. The number of hydrogen-bond donors (Lipinski definition) is 3. The second-order valence-electron chi connectivity index (χ2n) is 25.6. The van der Waals surface area contributed by atoms with Crippen LogP contribution in [0.1, 0.15) is 425 Å². The molecule has 2 unspecified atom stereocenters. The van der Waals surface area contributed by atoms with Gasteiger partial charge >= 0.3 is 5.97 Å². The number of esters is 1. The predicted molar refractivity (Wildman–Crippen MR) is 352 cm³/mol. The summed E-state index contributed by atoms with van der Waals surface area (Å²) in [6.45, 7) is 5.00. The second-order valence-corrected chi connectivity index (χ2v) is 25.6. The third-order valence-electron chi connectivity index (χ3n) is 17.6. The Labute approximate surface area is 501 Å². The fraction of sp³-hybridized carbons (Fsp3) is 0.946. The van der Waals surface area contributed by atoms with E-state index in [2.05, 4.69) is 31.3 Å². The number of allylic oxidation sites excluding steroid dienone is 2. The summed E-state index contributed by atoms with van der Waals surface area (Å²) in [5.41, 5.74) is 0. The number of unbranched alkanes of at least 4 members (excludes halogenated alkanes) is 57. The molecule has 80 heavy (non-hydrogen) atoms. The Balaban J connectivity index is 3.39. The molecule has 0 aromatic rings. The third kappa shape index (κ3) is 65.7. The van der Waals surface area contributed by atoms with Gasteiger partial charge in [-0.2, -0.15) is 0 Å². The number of nitrogens with one attached hydrogen (secondary N) is 1. The van der Waals surface area contributed by atoms with E-state index >= 15 is 0 Å². The van der Waals surface area contributed by atoms with Gasteiger partial charge in [-0.25, -0.2) is 0 Å². The fourth-order valence-corrected chi connectivity index (χ4v) is 11.9. The van der Waals surface area contributed by atoms with E-state index in [4.69, 9.17) is 4.74 Å². The van der Waals surface area contributed by atoms with E-state index in [0.717, 1.165) is 38.5 Å². The minimum atomic E-state index is -0.670. The molecule has 2 atom stereocenters. The van der Waals surface area contributed by atoms with Gasteiger partial charge in [-0.1, -0.05) is 373 Å². The number of aliphatic hydroxyl groups is 2. The normalized spacial score (nSPS) is 12.5. The van der Waals surface area contributed by atoms with Crippen molar-refractivity contribution in [3.05, 3.63) is 12.2 Å². The van der Waals surface area contributed by atoms with Crippen molar-refractivity contribution in [3.63, 3.8) is 0 Å². The summed E-state index contributed by atoms with van der Waals surface area (Å²) in [6.07, 6.45) is 86.9. The van der Waals surface area contributed by atoms with Gasteiger partial charge in [0.25, 0.3) is 0 Å². The van der Waals surface area contributed by atoms with E-state index in [-0.39, 0.29) is 18.5 Å². The molecule has 0 aliphatic heterocycles. The molecule has 0 saturated heterocycles. The van der Waals surface area contributed by atoms with Crippen molar-refractivity contribution in [3.8, 4) is 0 Å². The lowest BCUT2D eigenvalue weighted by Crippen LogP contribution is -2.45. The Morgan fingerprint density at radius 2 is 0.588 bits per heavy atom. The number of aliphatic hydroxyl groups excluding tert-OH is 2. The van der Waals surface area contributed by atoms with E-state index in [1.54, 1.807) is 0 Å². The fourth-order valence-electron chi connectivity index (χ4n) is 11.9. The molecule has 0 saturated carbocycles. The van der Waals surface area contributed by atoms with Gasteiger partial charge in [0, 0.05) is 12.8 Å². The highest BCUT2D eigenvalue weighted by molar-refractivity contribution is 5.76. The van der Waals surface area contributed by atoms with E-state index in [1.165, 1.54) is 353 Å². The van der Waals surface area contributed by atoms with Crippen LogP contribution in [-0.4, -0.2) is 47.4 Å². The number of carbonyl (C=O) groups is 2. The van der Waals surface area contributed by atoms with Crippen LogP contribution in [0.15, 0.2) is 12.2 Å². The quantitative estimate of drug-likeness (QED) is 0.0320. The van der Waals surface area contributed by atoms with Gasteiger partial charge in [0.1, 0.15) is 0 Å². The number of amides is 1.